The summed E-state index contributed by atoms with van der Waals surface area (Å²) in [5.41, 5.74) is -0.140. The van der Waals surface area contributed by atoms with E-state index < -0.39 is 17.7 Å². The monoisotopic (exact) mass is 318 g/mol. The Labute approximate surface area is 133 Å². The van der Waals surface area contributed by atoms with Crippen LogP contribution in [0.3, 0.4) is 0 Å². The number of carbonyl (C=O) groups excluding carboxylic acids is 2. The quantitative estimate of drug-likeness (QED) is 0.622. The molecule has 0 saturated heterocycles. The van der Waals surface area contributed by atoms with E-state index >= 15 is 0 Å². The van der Waals surface area contributed by atoms with E-state index in [0.29, 0.717) is 11.1 Å². The Morgan fingerprint density at radius 2 is 1.78 bits per heavy atom. The van der Waals surface area contributed by atoms with Gasteiger partial charge < -0.3 is 13.9 Å². The predicted octanol–water partition coefficient (Wildman–Crippen LogP) is 2.63. The summed E-state index contributed by atoms with van der Waals surface area (Å²) in [6.07, 6.45) is -1.20. The summed E-state index contributed by atoms with van der Waals surface area (Å²) >= 11 is 0. The van der Waals surface area contributed by atoms with Crippen molar-refractivity contribution in [2.45, 2.75) is 26.9 Å². The summed E-state index contributed by atoms with van der Waals surface area (Å²) in [5.74, 6) is -0.985. The van der Waals surface area contributed by atoms with Crippen molar-refractivity contribution in [3.05, 3.63) is 40.2 Å². The molecule has 0 fully saturated rings. The number of methoxy groups -OCH3 is 1. The van der Waals surface area contributed by atoms with Crippen LogP contribution < -0.4 is 10.4 Å². The van der Waals surface area contributed by atoms with Crippen LogP contribution in [0.1, 0.15) is 32.4 Å². The molecule has 2 rings (SSSR count). The van der Waals surface area contributed by atoms with Gasteiger partial charge in [-0.2, -0.15) is 0 Å². The predicted molar refractivity (Wildman–Crippen MR) is 83.4 cm³/mol. The summed E-state index contributed by atoms with van der Waals surface area (Å²) in [4.78, 5) is 35.6. The zero-order chi connectivity index (χ0) is 17.1. The zero-order valence-electron chi connectivity index (χ0n) is 13.4. The van der Waals surface area contributed by atoms with E-state index in [2.05, 4.69) is 0 Å². The van der Waals surface area contributed by atoms with Crippen molar-refractivity contribution < 1.29 is 23.5 Å². The molecule has 0 radical (unpaired) electrons. The number of hydrogen-bond donors (Lipinski definition) is 0. The van der Waals surface area contributed by atoms with Gasteiger partial charge in [0.15, 0.2) is 11.9 Å². The van der Waals surface area contributed by atoms with Crippen LogP contribution in [0.5, 0.6) is 5.75 Å². The Kier molecular flexibility index (Phi) is 4.83. The largest absolute Gasteiger partial charge is 0.496 e. The maximum absolute atomic E-state index is 12.5. The van der Waals surface area contributed by atoms with Gasteiger partial charge in [-0.15, -0.1) is 0 Å². The molecule has 6 heteroatoms. The number of ketones is 1. The van der Waals surface area contributed by atoms with E-state index in [0.717, 1.165) is 0 Å². The minimum Gasteiger partial charge on any atom is -0.496 e. The maximum atomic E-state index is 12.5. The first kappa shape index (κ1) is 16.7. The van der Waals surface area contributed by atoms with Crippen molar-refractivity contribution in [2.75, 3.05) is 7.11 Å². The second-order valence-electron chi connectivity index (χ2n) is 5.40. The molecule has 0 saturated carbocycles. The molecule has 2 aromatic rings. The average molecular weight is 318 g/mol. The molecule has 122 valence electrons. The lowest BCUT2D eigenvalue weighted by Crippen LogP contribution is -2.23. The topological polar surface area (TPSA) is 82.8 Å². The number of Topliss-reactive ketones (excluding diaryl/α,β-unsaturated/α-hetero) is 1. The van der Waals surface area contributed by atoms with Crippen LogP contribution in [-0.2, 0) is 14.3 Å². The lowest BCUT2D eigenvalue weighted by molar-refractivity contribution is -0.154. The van der Waals surface area contributed by atoms with Crippen molar-refractivity contribution in [2.24, 2.45) is 5.92 Å². The Hall–Kier alpha value is -2.63. The van der Waals surface area contributed by atoms with Gasteiger partial charge in [0.1, 0.15) is 11.3 Å². The highest BCUT2D eigenvalue weighted by Gasteiger charge is 2.31. The number of hydrogen-bond acceptors (Lipinski definition) is 6. The molecule has 1 aromatic carbocycles. The highest BCUT2D eigenvalue weighted by atomic mass is 16.5. The first-order valence-corrected chi connectivity index (χ1v) is 7.16. The molecule has 1 aromatic heterocycles. The van der Waals surface area contributed by atoms with Gasteiger partial charge in [-0.1, -0.05) is 13.8 Å². The molecule has 0 unspecified atom stereocenters. The van der Waals surface area contributed by atoms with E-state index in [1.165, 1.54) is 20.1 Å². The standard InChI is InChI=1S/C17H18O6/c1-9(2)15(20)17(22-10(3)18)14-12(21-4)7-5-11-6-8-13(19)23-16(11)14/h5-9,17H,1-4H3/t17-/m1/s1. The third-order valence-corrected chi connectivity index (χ3v) is 3.38. The van der Waals surface area contributed by atoms with Crippen molar-refractivity contribution in [3.63, 3.8) is 0 Å². The fraction of sp³-hybridized carbons (Fsp3) is 0.353. The van der Waals surface area contributed by atoms with Crippen LogP contribution in [-0.4, -0.2) is 18.9 Å². The van der Waals surface area contributed by atoms with Crippen molar-refractivity contribution in [3.8, 4) is 5.75 Å². The molecular formula is C17H18O6. The minimum atomic E-state index is -1.20. The van der Waals surface area contributed by atoms with E-state index in [9.17, 15) is 14.4 Å². The normalized spacial score (nSPS) is 12.2. The van der Waals surface area contributed by atoms with Crippen molar-refractivity contribution >= 4 is 22.7 Å². The Balaban J connectivity index is 2.78. The molecule has 6 nitrogen and oxygen atoms in total. The SMILES string of the molecule is COc1ccc2ccc(=O)oc2c1[C@@H](OC(C)=O)C(=O)C(C)C. The zero-order valence-corrected chi connectivity index (χ0v) is 13.4. The number of esters is 1. The maximum Gasteiger partial charge on any atom is 0.336 e. The number of benzene rings is 1. The molecule has 0 bridgehead atoms. The smallest absolute Gasteiger partial charge is 0.336 e. The Morgan fingerprint density at radius 1 is 1.13 bits per heavy atom. The molecule has 0 amide bonds. The van der Waals surface area contributed by atoms with Gasteiger partial charge in [0, 0.05) is 24.3 Å². The molecular weight excluding hydrogens is 300 g/mol. The third-order valence-electron chi connectivity index (χ3n) is 3.38. The Bertz CT molecular complexity index is 802. The average Bonchev–Trinajstić information content (AvgIpc) is 2.50. The summed E-state index contributed by atoms with van der Waals surface area (Å²) in [6, 6.07) is 6.20. The molecule has 23 heavy (non-hydrogen) atoms. The van der Waals surface area contributed by atoms with Gasteiger partial charge in [-0.3, -0.25) is 9.59 Å². The van der Waals surface area contributed by atoms with Gasteiger partial charge in [-0.25, -0.2) is 4.79 Å². The molecule has 0 aliphatic rings. The van der Waals surface area contributed by atoms with E-state index in [1.54, 1.807) is 32.0 Å². The lowest BCUT2D eigenvalue weighted by atomic mass is 9.95. The molecule has 1 atom stereocenters. The minimum absolute atomic E-state index is 0.178. The van der Waals surface area contributed by atoms with E-state index in [4.69, 9.17) is 13.9 Å². The third kappa shape index (κ3) is 3.41. The lowest BCUT2D eigenvalue weighted by Gasteiger charge is -2.21. The highest BCUT2D eigenvalue weighted by molar-refractivity contribution is 5.94. The second-order valence-corrected chi connectivity index (χ2v) is 5.40. The number of carbonyl (C=O) groups is 2. The van der Waals surface area contributed by atoms with Gasteiger partial charge in [0.2, 0.25) is 0 Å². The second kappa shape index (κ2) is 6.64. The highest BCUT2D eigenvalue weighted by Crippen LogP contribution is 2.36. The van der Waals surface area contributed by atoms with Gasteiger partial charge >= 0.3 is 11.6 Å². The molecule has 0 spiro atoms. The van der Waals surface area contributed by atoms with E-state index in [1.807, 2.05) is 0 Å². The number of fused-ring (bicyclic) bond motifs is 1. The molecule has 0 aliphatic carbocycles. The molecule has 0 N–H and O–H groups in total. The first-order chi connectivity index (χ1) is 10.8. The fourth-order valence-electron chi connectivity index (χ4n) is 2.29. The number of rotatable bonds is 5. The summed E-state index contributed by atoms with van der Waals surface area (Å²) < 4.78 is 15.7. The summed E-state index contributed by atoms with van der Waals surface area (Å²) in [7, 11) is 1.43. The van der Waals surface area contributed by atoms with Crippen LogP contribution in [0.15, 0.2) is 33.5 Å². The molecule has 0 aliphatic heterocycles. The van der Waals surface area contributed by atoms with E-state index in [-0.39, 0.29) is 22.8 Å². The molecule has 1 heterocycles. The van der Waals surface area contributed by atoms with Gasteiger partial charge in [0.25, 0.3) is 0 Å². The number of ether oxygens (including phenoxy) is 2. The van der Waals surface area contributed by atoms with Crippen LogP contribution in [0.25, 0.3) is 11.0 Å². The van der Waals surface area contributed by atoms with Gasteiger partial charge in [0.05, 0.1) is 12.7 Å². The first-order valence-electron chi connectivity index (χ1n) is 7.16. The van der Waals surface area contributed by atoms with Crippen LogP contribution in [0, 0.1) is 5.92 Å². The Morgan fingerprint density at radius 3 is 2.35 bits per heavy atom. The van der Waals surface area contributed by atoms with Crippen molar-refractivity contribution in [1.29, 1.82) is 0 Å². The summed E-state index contributed by atoms with van der Waals surface area (Å²) in [5, 5.41) is 0.606. The van der Waals surface area contributed by atoms with Crippen LogP contribution >= 0.6 is 0 Å². The van der Waals surface area contributed by atoms with Crippen LogP contribution in [0.4, 0.5) is 0 Å². The van der Waals surface area contributed by atoms with Crippen molar-refractivity contribution in [1.82, 2.24) is 0 Å². The van der Waals surface area contributed by atoms with Crippen LogP contribution in [0.2, 0.25) is 0 Å². The summed E-state index contributed by atoms with van der Waals surface area (Å²) in [6.45, 7) is 4.62. The fourth-order valence-corrected chi connectivity index (χ4v) is 2.29. The van der Waals surface area contributed by atoms with Gasteiger partial charge in [-0.05, 0) is 18.2 Å².